The van der Waals surface area contributed by atoms with E-state index in [1.54, 1.807) is 12.8 Å². The summed E-state index contributed by atoms with van der Waals surface area (Å²) in [6, 6.07) is 0. The molecule has 0 radical (unpaired) electrons. The van der Waals surface area contributed by atoms with Gasteiger partial charge in [0.1, 0.15) is 0 Å². The van der Waals surface area contributed by atoms with Crippen molar-refractivity contribution in [3.63, 3.8) is 0 Å². The third-order valence-electron chi connectivity index (χ3n) is 8.12. The van der Waals surface area contributed by atoms with E-state index >= 15 is 0 Å². The van der Waals surface area contributed by atoms with Crippen LogP contribution in [0.2, 0.25) is 0 Å². The number of allylic oxidation sites excluding steroid dienone is 4. The molecule has 0 saturated heterocycles. The molecule has 0 N–H and O–H groups in total. The van der Waals surface area contributed by atoms with Gasteiger partial charge < -0.3 is 0 Å². The zero-order chi connectivity index (χ0) is 12.1. The van der Waals surface area contributed by atoms with Gasteiger partial charge in [0.25, 0.3) is 0 Å². The van der Waals surface area contributed by atoms with Crippen LogP contribution in [-0.4, -0.2) is 0 Å². The van der Waals surface area contributed by atoms with Crippen molar-refractivity contribution in [1.82, 2.24) is 0 Å². The molecule has 0 amide bonds. The standard InChI is InChI=1S/C18H24/c1-11-13-3-5-15(7-13)17(11)9-18(10-17)12(2)14-4-6-16(18)8-14/h3-6,11-16H,7-10H2,1-2H3. The molecule has 0 aromatic rings. The van der Waals surface area contributed by atoms with Crippen LogP contribution in [0.15, 0.2) is 24.3 Å². The normalized spacial score (nSPS) is 66.6. The highest BCUT2D eigenvalue weighted by Crippen LogP contribution is 2.78. The Balaban J connectivity index is 1.50. The third-order valence-corrected chi connectivity index (χ3v) is 8.12. The molecule has 5 aliphatic rings. The molecule has 0 aromatic heterocycles. The van der Waals surface area contributed by atoms with Gasteiger partial charge in [0.2, 0.25) is 0 Å². The van der Waals surface area contributed by atoms with E-state index in [1.807, 2.05) is 0 Å². The minimum absolute atomic E-state index is 0.728. The van der Waals surface area contributed by atoms with Gasteiger partial charge in [-0.1, -0.05) is 38.2 Å². The maximum atomic E-state index is 2.57. The summed E-state index contributed by atoms with van der Waals surface area (Å²) < 4.78 is 0. The molecule has 6 unspecified atom stereocenters. The van der Waals surface area contributed by atoms with Gasteiger partial charge in [0.05, 0.1) is 0 Å². The first-order valence-corrected chi connectivity index (χ1v) is 8.02. The summed E-state index contributed by atoms with van der Waals surface area (Å²) in [6.45, 7) is 5.10. The minimum Gasteiger partial charge on any atom is -0.0848 e. The summed E-state index contributed by atoms with van der Waals surface area (Å²) in [7, 11) is 0. The molecule has 96 valence electrons. The van der Waals surface area contributed by atoms with Crippen molar-refractivity contribution in [2.45, 2.75) is 39.5 Å². The van der Waals surface area contributed by atoms with Crippen LogP contribution in [0.4, 0.5) is 0 Å². The lowest BCUT2D eigenvalue weighted by molar-refractivity contribution is -0.129. The van der Waals surface area contributed by atoms with Crippen molar-refractivity contribution in [2.75, 3.05) is 0 Å². The molecule has 0 aliphatic heterocycles. The van der Waals surface area contributed by atoms with Crippen LogP contribution < -0.4 is 0 Å². The Kier molecular flexibility index (Phi) is 1.61. The maximum Gasteiger partial charge on any atom is -0.0168 e. The quantitative estimate of drug-likeness (QED) is 0.549. The van der Waals surface area contributed by atoms with Gasteiger partial charge in [-0.2, -0.15) is 0 Å². The fourth-order valence-corrected chi connectivity index (χ4v) is 6.92. The highest BCUT2D eigenvalue weighted by atomic mass is 14.7. The molecule has 5 aliphatic carbocycles. The second-order valence-electron chi connectivity index (χ2n) is 8.18. The van der Waals surface area contributed by atoms with Gasteiger partial charge in [-0.15, -0.1) is 0 Å². The molecule has 6 atom stereocenters. The highest BCUT2D eigenvalue weighted by Gasteiger charge is 2.70. The number of fused-ring (bicyclic) bond motifs is 6. The third kappa shape index (κ3) is 0.859. The monoisotopic (exact) mass is 240 g/mol. The summed E-state index contributed by atoms with van der Waals surface area (Å²) in [5, 5.41) is 0. The minimum atomic E-state index is 0.728. The number of hydrogen-bond acceptors (Lipinski definition) is 0. The second kappa shape index (κ2) is 2.81. The number of rotatable bonds is 0. The molecule has 5 rings (SSSR count). The molecule has 3 saturated carbocycles. The van der Waals surface area contributed by atoms with E-state index in [-0.39, 0.29) is 0 Å². The summed E-state index contributed by atoms with van der Waals surface area (Å²) in [6.07, 6.45) is 16.3. The Morgan fingerprint density at radius 1 is 0.722 bits per heavy atom. The maximum absolute atomic E-state index is 2.57. The predicted molar refractivity (Wildman–Crippen MR) is 73.9 cm³/mol. The molecule has 2 spiro atoms. The van der Waals surface area contributed by atoms with Crippen LogP contribution in [0.3, 0.4) is 0 Å². The van der Waals surface area contributed by atoms with Crippen molar-refractivity contribution in [2.24, 2.45) is 46.3 Å². The fraction of sp³-hybridized carbons (Fsp3) is 0.778. The molecule has 0 nitrogen and oxygen atoms in total. The molecule has 18 heavy (non-hydrogen) atoms. The van der Waals surface area contributed by atoms with Crippen molar-refractivity contribution in [3.8, 4) is 0 Å². The Bertz CT molecular complexity index is 420. The summed E-state index contributed by atoms with van der Waals surface area (Å²) >= 11 is 0. The smallest absolute Gasteiger partial charge is 0.0168 e. The lowest BCUT2D eigenvalue weighted by Crippen LogP contribution is -2.56. The number of hydrogen-bond donors (Lipinski definition) is 0. The average molecular weight is 240 g/mol. The fourth-order valence-electron chi connectivity index (χ4n) is 6.92. The molecular formula is C18H24. The zero-order valence-corrected chi connectivity index (χ0v) is 11.6. The Morgan fingerprint density at radius 2 is 1.17 bits per heavy atom. The lowest BCUT2D eigenvalue weighted by Gasteiger charge is -2.63. The molecule has 0 heterocycles. The van der Waals surface area contributed by atoms with Gasteiger partial charge in [-0.3, -0.25) is 0 Å². The summed E-state index contributed by atoms with van der Waals surface area (Å²) in [5.74, 6) is 5.67. The Morgan fingerprint density at radius 3 is 1.50 bits per heavy atom. The van der Waals surface area contributed by atoms with E-state index < -0.39 is 0 Å². The molecular weight excluding hydrogens is 216 g/mol. The van der Waals surface area contributed by atoms with E-state index in [1.165, 1.54) is 12.8 Å². The first-order chi connectivity index (χ1) is 8.66. The van der Waals surface area contributed by atoms with Crippen LogP contribution >= 0.6 is 0 Å². The summed E-state index contributed by atoms with van der Waals surface area (Å²) in [5.41, 5.74) is 1.46. The van der Waals surface area contributed by atoms with Crippen LogP contribution in [-0.2, 0) is 0 Å². The van der Waals surface area contributed by atoms with Gasteiger partial charge in [-0.25, -0.2) is 0 Å². The first-order valence-electron chi connectivity index (χ1n) is 8.02. The van der Waals surface area contributed by atoms with E-state index in [9.17, 15) is 0 Å². The van der Waals surface area contributed by atoms with E-state index in [0.29, 0.717) is 0 Å². The largest absolute Gasteiger partial charge is 0.0848 e. The van der Waals surface area contributed by atoms with Crippen molar-refractivity contribution in [3.05, 3.63) is 24.3 Å². The van der Waals surface area contributed by atoms with Crippen LogP contribution in [0.25, 0.3) is 0 Å². The van der Waals surface area contributed by atoms with Gasteiger partial charge >= 0.3 is 0 Å². The van der Waals surface area contributed by atoms with E-state index in [4.69, 9.17) is 0 Å². The van der Waals surface area contributed by atoms with Gasteiger partial charge in [0, 0.05) is 0 Å². The molecule has 4 bridgehead atoms. The predicted octanol–water partition coefficient (Wildman–Crippen LogP) is 4.44. The van der Waals surface area contributed by atoms with Gasteiger partial charge in [0.15, 0.2) is 0 Å². The summed E-state index contributed by atoms with van der Waals surface area (Å²) in [4.78, 5) is 0. The van der Waals surface area contributed by atoms with Crippen LogP contribution in [0.1, 0.15) is 39.5 Å². The Labute approximate surface area is 111 Å². The van der Waals surface area contributed by atoms with E-state index in [2.05, 4.69) is 38.2 Å². The van der Waals surface area contributed by atoms with Crippen LogP contribution in [0, 0.1) is 46.3 Å². The second-order valence-corrected chi connectivity index (χ2v) is 8.18. The molecule has 0 heteroatoms. The van der Waals surface area contributed by atoms with Crippen molar-refractivity contribution in [1.29, 1.82) is 0 Å². The lowest BCUT2D eigenvalue weighted by atomic mass is 9.41. The first kappa shape index (κ1) is 10.3. The van der Waals surface area contributed by atoms with Gasteiger partial charge in [-0.05, 0) is 72.0 Å². The molecule has 3 fully saturated rings. The van der Waals surface area contributed by atoms with Crippen LogP contribution in [0.5, 0.6) is 0 Å². The van der Waals surface area contributed by atoms with Crippen molar-refractivity contribution < 1.29 is 0 Å². The average Bonchev–Trinajstić information content (AvgIpc) is 3.03. The molecule has 0 aromatic carbocycles. The van der Waals surface area contributed by atoms with E-state index in [0.717, 1.165) is 46.3 Å². The highest BCUT2D eigenvalue weighted by molar-refractivity contribution is 5.30. The Hall–Kier alpha value is -0.520. The van der Waals surface area contributed by atoms with Crippen molar-refractivity contribution >= 4 is 0 Å². The SMILES string of the molecule is CC1C2C=CC(C2)C12CC1(C2)C2C=CC(C2)C1C. The topological polar surface area (TPSA) is 0 Å². The zero-order valence-electron chi connectivity index (χ0n) is 11.6.